The number of piperidine rings is 1. The molecule has 104 valence electrons. The topological polar surface area (TPSA) is 46.3 Å². The number of carbonyl (C=O) groups is 1. The van der Waals surface area contributed by atoms with E-state index in [2.05, 4.69) is 37.3 Å². The Balaban J connectivity index is 1.97. The number of nitrogens with zero attached hydrogens (tertiary/aromatic N) is 1. The van der Waals surface area contributed by atoms with Crippen molar-refractivity contribution in [1.29, 1.82) is 0 Å². The third-order valence-corrected chi connectivity index (χ3v) is 3.98. The summed E-state index contributed by atoms with van der Waals surface area (Å²) in [7, 11) is 0. The Morgan fingerprint density at radius 2 is 2.11 bits per heavy atom. The van der Waals surface area contributed by atoms with E-state index >= 15 is 0 Å². The second-order valence-electron chi connectivity index (χ2n) is 5.80. The Morgan fingerprint density at radius 3 is 2.68 bits per heavy atom. The van der Waals surface area contributed by atoms with E-state index in [4.69, 9.17) is 5.73 Å². The van der Waals surface area contributed by atoms with Crippen molar-refractivity contribution in [3.8, 4) is 0 Å². The van der Waals surface area contributed by atoms with Crippen molar-refractivity contribution >= 4 is 5.91 Å². The van der Waals surface area contributed by atoms with Crippen molar-refractivity contribution in [2.45, 2.75) is 38.6 Å². The van der Waals surface area contributed by atoms with Crippen molar-refractivity contribution in [1.82, 2.24) is 4.90 Å². The lowest BCUT2D eigenvalue weighted by molar-refractivity contribution is -0.133. The molecule has 3 heteroatoms. The minimum atomic E-state index is -0.0466. The molecule has 1 amide bonds. The normalized spacial score (nSPS) is 25.1. The molecule has 0 radical (unpaired) electrons. The molecule has 1 fully saturated rings. The van der Waals surface area contributed by atoms with E-state index in [1.54, 1.807) is 0 Å². The number of carbonyl (C=O) groups excluding carboxylic acids is 1. The van der Waals surface area contributed by atoms with Crippen LogP contribution in [-0.4, -0.2) is 29.9 Å². The van der Waals surface area contributed by atoms with E-state index in [1.165, 1.54) is 5.56 Å². The highest BCUT2D eigenvalue weighted by atomic mass is 16.2. The van der Waals surface area contributed by atoms with Crippen LogP contribution in [0.2, 0.25) is 0 Å². The third-order valence-electron chi connectivity index (χ3n) is 3.98. The number of rotatable bonds is 3. The zero-order valence-electron chi connectivity index (χ0n) is 11.9. The first kappa shape index (κ1) is 14.1. The number of amides is 1. The van der Waals surface area contributed by atoms with Crippen LogP contribution in [0.15, 0.2) is 30.3 Å². The third kappa shape index (κ3) is 3.57. The predicted octanol–water partition coefficient (Wildman–Crippen LogP) is 2.38. The fourth-order valence-electron chi connectivity index (χ4n) is 2.97. The summed E-state index contributed by atoms with van der Waals surface area (Å²) in [6, 6.07) is 10.6. The fraction of sp³-hybridized carbons (Fsp3) is 0.562. The second kappa shape index (κ2) is 6.20. The highest BCUT2D eigenvalue weighted by Crippen LogP contribution is 2.32. The van der Waals surface area contributed by atoms with Crippen LogP contribution in [0.25, 0.3) is 0 Å². The molecule has 2 rings (SSSR count). The summed E-state index contributed by atoms with van der Waals surface area (Å²) >= 11 is 0. The molecular formula is C16H24N2O. The Labute approximate surface area is 115 Å². The molecule has 3 atom stereocenters. The summed E-state index contributed by atoms with van der Waals surface area (Å²) in [5.74, 6) is 1.28. The van der Waals surface area contributed by atoms with Gasteiger partial charge >= 0.3 is 0 Å². The molecule has 1 aromatic carbocycles. The SMILES string of the molecule is CC(N)CC(=O)N1CCC(c2ccccc2)C(C)C1. The number of hydrogen-bond donors (Lipinski definition) is 1. The van der Waals surface area contributed by atoms with Crippen molar-refractivity contribution in [2.24, 2.45) is 11.7 Å². The largest absolute Gasteiger partial charge is 0.342 e. The average Bonchev–Trinajstić information content (AvgIpc) is 2.38. The summed E-state index contributed by atoms with van der Waals surface area (Å²) in [5.41, 5.74) is 7.10. The fourth-order valence-corrected chi connectivity index (χ4v) is 2.97. The van der Waals surface area contributed by atoms with Crippen LogP contribution in [0.4, 0.5) is 0 Å². The van der Waals surface area contributed by atoms with Gasteiger partial charge < -0.3 is 10.6 Å². The molecular weight excluding hydrogens is 236 g/mol. The van der Waals surface area contributed by atoms with E-state index in [0.717, 1.165) is 19.5 Å². The minimum Gasteiger partial charge on any atom is -0.342 e. The zero-order chi connectivity index (χ0) is 13.8. The van der Waals surface area contributed by atoms with Crippen molar-refractivity contribution in [3.05, 3.63) is 35.9 Å². The van der Waals surface area contributed by atoms with Gasteiger partial charge in [0.25, 0.3) is 0 Å². The van der Waals surface area contributed by atoms with Crippen LogP contribution in [0, 0.1) is 5.92 Å². The van der Waals surface area contributed by atoms with E-state index in [9.17, 15) is 4.79 Å². The Hall–Kier alpha value is -1.35. The molecule has 0 spiro atoms. The van der Waals surface area contributed by atoms with Crippen molar-refractivity contribution in [2.75, 3.05) is 13.1 Å². The first-order valence-corrected chi connectivity index (χ1v) is 7.16. The molecule has 0 aromatic heterocycles. The molecule has 0 bridgehead atoms. The van der Waals surface area contributed by atoms with Gasteiger partial charge in [-0.1, -0.05) is 37.3 Å². The molecule has 2 N–H and O–H groups in total. The lowest BCUT2D eigenvalue weighted by Crippen LogP contribution is -2.43. The predicted molar refractivity (Wildman–Crippen MR) is 77.8 cm³/mol. The molecule has 1 saturated heterocycles. The van der Waals surface area contributed by atoms with Crippen LogP contribution in [0.1, 0.15) is 38.2 Å². The van der Waals surface area contributed by atoms with Crippen LogP contribution in [0.5, 0.6) is 0 Å². The molecule has 1 heterocycles. The molecule has 19 heavy (non-hydrogen) atoms. The highest BCUT2D eigenvalue weighted by molar-refractivity contribution is 5.76. The molecule has 3 nitrogen and oxygen atoms in total. The lowest BCUT2D eigenvalue weighted by atomic mass is 9.81. The number of hydrogen-bond acceptors (Lipinski definition) is 2. The monoisotopic (exact) mass is 260 g/mol. The average molecular weight is 260 g/mol. The van der Waals surface area contributed by atoms with Crippen molar-refractivity contribution < 1.29 is 4.79 Å². The quantitative estimate of drug-likeness (QED) is 0.907. The van der Waals surface area contributed by atoms with Gasteiger partial charge in [0.05, 0.1) is 0 Å². The Kier molecular flexibility index (Phi) is 4.59. The second-order valence-corrected chi connectivity index (χ2v) is 5.80. The first-order chi connectivity index (χ1) is 9.08. The van der Waals surface area contributed by atoms with Gasteiger partial charge in [-0.25, -0.2) is 0 Å². The molecule has 1 aromatic rings. The van der Waals surface area contributed by atoms with Crippen LogP contribution in [0.3, 0.4) is 0 Å². The smallest absolute Gasteiger partial charge is 0.224 e. The molecule has 1 aliphatic heterocycles. The van der Waals surface area contributed by atoms with Gasteiger partial charge in [0.15, 0.2) is 0 Å². The van der Waals surface area contributed by atoms with Gasteiger partial charge in [0, 0.05) is 25.6 Å². The number of nitrogens with two attached hydrogens (primary N) is 1. The first-order valence-electron chi connectivity index (χ1n) is 7.16. The van der Waals surface area contributed by atoms with Gasteiger partial charge in [-0.3, -0.25) is 4.79 Å². The minimum absolute atomic E-state index is 0.0466. The Bertz CT molecular complexity index is 416. The van der Waals surface area contributed by atoms with E-state index < -0.39 is 0 Å². The lowest BCUT2D eigenvalue weighted by Gasteiger charge is -2.37. The molecule has 0 aliphatic carbocycles. The standard InChI is InChI=1S/C16H24N2O/c1-12-11-18(16(19)10-13(2)17)9-8-15(12)14-6-4-3-5-7-14/h3-7,12-13,15H,8-11,17H2,1-2H3. The van der Waals surface area contributed by atoms with Crippen LogP contribution >= 0.6 is 0 Å². The van der Waals surface area contributed by atoms with Crippen molar-refractivity contribution in [3.63, 3.8) is 0 Å². The van der Waals surface area contributed by atoms with Crippen LogP contribution < -0.4 is 5.73 Å². The summed E-state index contributed by atoms with van der Waals surface area (Å²) in [4.78, 5) is 14.0. The van der Waals surface area contributed by atoms with E-state index in [0.29, 0.717) is 18.3 Å². The molecule has 1 aliphatic rings. The molecule has 0 saturated carbocycles. The van der Waals surface area contributed by atoms with Gasteiger partial charge in [0.2, 0.25) is 5.91 Å². The van der Waals surface area contributed by atoms with Gasteiger partial charge in [0.1, 0.15) is 0 Å². The van der Waals surface area contributed by atoms with Gasteiger partial charge in [-0.2, -0.15) is 0 Å². The number of benzene rings is 1. The number of likely N-dealkylation sites (tertiary alicyclic amines) is 1. The summed E-state index contributed by atoms with van der Waals surface area (Å²) in [5, 5.41) is 0. The maximum atomic E-state index is 12.0. The van der Waals surface area contributed by atoms with Crippen LogP contribution in [-0.2, 0) is 4.79 Å². The highest BCUT2D eigenvalue weighted by Gasteiger charge is 2.29. The maximum absolute atomic E-state index is 12.0. The maximum Gasteiger partial charge on any atom is 0.224 e. The van der Waals surface area contributed by atoms with E-state index in [1.807, 2.05) is 11.8 Å². The summed E-state index contributed by atoms with van der Waals surface area (Å²) in [6.45, 7) is 5.83. The zero-order valence-corrected chi connectivity index (χ0v) is 11.9. The molecule has 3 unspecified atom stereocenters. The van der Waals surface area contributed by atoms with Gasteiger partial charge in [-0.15, -0.1) is 0 Å². The summed E-state index contributed by atoms with van der Waals surface area (Å²) in [6.07, 6.45) is 1.51. The van der Waals surface area contributed by atoms with E-state index in [-0.39, 0.29) is 11.9 Å². The van der Waals surface area contributed by atoms with Gasteiger partial charge in [-0.05, 0) is 30.7 Å². The summed E-state index contributed by atoms with van der Waals surface area (Å²) < 4.78 is 0. The Morgan fingerprint density at radius 1 is 1.42 bits per heavy atom.